The van der Waals surface area contributed by atoms with Crippen LogP contribution in [0.15, 0.2) is 36.4 Å². The molecule has 0 radical (unpaired) electrons. The van der Waals surface area contributed by atoms with E-state index in [9.17, 15) is 9.59 Å². The second-order valence-electron chi connectivity index (χ2n) is 7.30. The van der Waals surface area contributed by atoms with E-state index in [2.05, 4.69) is 24.1 Å². The summed E-state index contributed by atoms with van der Waals surface area (Å²) in [6.45, 7) is 5.66. The molecule has 0 aliphatic heterocycles. The van der Waals surface area contributed by atoms with Crippen LogP contribution in [0.25, 0.3) is 10.9 Å². The number of H-pyrrole nitrogens is 1. The van der Waals surface area contributed by atoms with E-state index in [1.54, 1.807) is 25.3 Å². The Balaban J connectivity index is 1.71. The monoisotopic (exact) mass is 410 g/mol. The number of nitrogens with one attached hydrogen (secondary N) is 2. The van der Waals surface area contributed by atoms with E-state index < -0.39 is 11.9 Å². The molecule has 1 amide bonds. The number of aromatic nitrogens is 1. The third kappa shape index (κ3) is 4.40. The number of fused-ring (bicyclic) bond motifs is 1. The number of anilines is 1. The Morgan fingerprint density at radius 1 is 1.10 bits per heavy atom. The number of carbonyl (C=O) groups excluding carboxylic acids is 2. The number of aryl methyl sites for hydroxylation is 1. The maximum absolute atomic E-state index is 12.5. The zero-order chi connectivity index (χ0) is 21.8. The van der Waals surface area contributed by atoms with E-state index in [1.807, 2.05) is 25.1 Å². The van der Waals surface area contributed by atoms with Gasteiger partial charge in [0.2, 0.25) is 0 Å². The van der Waals surface area contributed by atoms with Gasteiger partial charge in [-0.3, -0.25) is 4.79 Å². The second kappa shape index (κ2) is 8.90. The first-order valence-corrected chi connectivity index (χ1v) is 9.65. The predicted molar refractivity (Wildman–Crippen MR) is 116 cm³/mol. The number of esters is 1. The number of benzene rings is 2. The Morgan fingerprint density at radius 3 is 2.53 bits per heavy atom. The van der Waals surface area contributed by atoms with Crippen molar-refractivity contribution in [1.29, 1.82) is 0 Å². The number of ether oxygens (including phenoxy) is 3. The maximum Gasteiger partial charge on any atom is 0.355 e. The summed E-state index contributed by atoms with van der Waals surface area (Å²) in [5, 5.41) is 3.60. The lowest BCUT2D eigenvalue weighted by atomic mass is 9.98. The van der Waals surface area contributed by atoms with Crippen LogP contribution in [0.4, 0.5) is 5.69 Å². The van der Waals surface area contributed by atoms with Crippen LogP contribution in [0.1, 0.15) is 41.4 Å². The van der Waals surface area contributed by atoms with Crippen LogP contribution in [-0.4, -0.2) is 37.7 Å². The van der Waals surface area contributed by atoms with E-state index in [-0.39, 0.29) is 18.2 Å². The molecule has 7 nitrogen and oxygen atoms in total. The Labute approximate surface area is 175 Å². The highest BCUT2D eigenvalue weighted by molar-refractivity contribution is 5.99. The first-order chi connectivity index (χ1) is 14.3. The van der Waals surface area contributed by atoms with Crippen LogP contribution in [0, 0.1) is 6.92 Å². The van der Waals surface area contributed by atoms with Gasteiger partial charge in [0.15, 0.2) is 6.61 Å². The van der Waals surface area contributed by atoms with Gasteiger partial charge in [-0.05, 0) is 36.1 Å². The topological polar surface area (TPSA) is 89.7 Å². The number of aromatic amines is 1. The van der Waals surface area contributed by atoms with Crippen LogP contribution in [0.5, 0.6) is 11.5 Å². The summed E-state index contributed by atoms with van der Waals surface area (Å²) in [7, 11) is 3.09. The number of rotatable bonds is 7. The highest BCUT2D eigenvalue weighted by atomic mass is 16.5. The summed E-state index contributed by atoms with van der Waals surface area (Å²) < 4.78 is 15.8. The lowest BCUT2D eigenvalue weighted by Crippen LogP contribution is -2.22. The van der Waals surface area contributed by atoms with Crippen LogP contribution >= 0.6 is 0 Å². The van der Waals surface area contributed by atoms with E-state index in [0.717, 1.165) is 22.2 Å². The van der Waals surface area contributed by atoms with Gasteiger partial charge in [0.25, 0.3) is 5.91 Å². The van der Waals surface area contributed by atoms with E-state index in [1.165, 1.54) is 7.11 Å². The summed E-state index contributed by atoms with van der Waals surface area (Å²) >= 11 is 0. The van der Waals surface area contributed by atoms with Gasteiger partial charge >= 0.3 is 5.97 Å². The minimum atomic E-state index is -0.628. The zero-order valence-electron chi connectivity index (χ0n) is 17.8. The Bertz CT molecular complexity index is 1080. The smallest absolute Gasteiger partial charge is 0.355 e. The standard InChI is InChI=1S/C23H26N2O5/c1-13(2)17-8-6-7-14(3)21(17)25-20(26)12-30-23(27)18-10-15-9-16(28-4)11-19(29-5)22(15)24-18/h6-11,13,24H,12H2,1-5H3,(H,25,26). The number of methoxy groups -OCH3 is 2. The first kappa shape index (κ1) is 21.2. The average molecular weight is 410 g/mol. The Morgan fingerprint density at radius 2 is 1.87 bits per heavy atom. The molecule has 30 heavy (non-hydrogen) atoms. The normalized spacial score (nSPS) is 10.9. The van der Waals surface area contributed by atoms with Gasteiger partial charge in [0.05, 0.1) is 19.7 Å². The van der Waals surface area contributed by atoms with Crippen molar-refractivity contribution >= 4 is 28.5 Å². The molecule has 7 heteroatoms. The lowest BCUT2D eigenvalue weighted by molar-refractivity contribution is -0.119. The van der Waals surface area contributed by atoms with Crippen LogP contribution in [-0.2, 0) is 9.53 Å². The minimum Gasteiger partial charge on any atom is -0.497 e. The molecule has 0 saturated carbocycles. The van der Waals surface area contributed by atoms with Gasteiger partial charge in [-0.25, -0.2) is 4.79 Å². The number of para-hydroxylation sites is 1. The summed E-state index contributed by atoms with van der Waals surface area (Å²) in [5.41, 5.74) is 3.62. The van der Waals surface area contributed by atoms with Gasteiger partial charge in [-0.15, -0.1) is 0 Å². The molecule has 0 aliphatic carbocycles. The van der Waals surface area contributed by atoms with Gasteiger partial charge in [0, 0.05) is 17.1 Å². The number of hydrogen-bond donors (Lipinski definition) is 2. The van der Waals surface area contributed by atoms with Crippen LogP contribution in [0.2, 0.25) is 0 Å². The molecule has 0 bridgehead atoms. The second-order valence-corrected chi connectivity index (χ2v) is 7.30. The lowest BCUT2D eigenvalue weighted by Gasteiger charge is -2.16. The van der Waals surface area contributed by atoms with Crippen LogP contribution in [0.3, 0.4) is 0 Å². The molecule has 0 fully saturated rings. The molecule has 0 saturated heterocycles. The molecule has 2 aromatic carbocycles. The maximum atomic E-state index is 12.5. The van der Waals surface area contributed by atoms with Gasteiger partial charge in [-0.1, -0.05) is 32.0 Å². The van der Waals surface area contributed by atoms with Gasteiger partial charge in [-0.2, -0.15) is 0 Å². The molecular weight excluding hydrogens is 384 g/mol. The summed E-state index contributed by atoms with van der Waals surface area (Å²) in [4.78, 5) is 27.8. The third-order valence-electron chi connectivity index (χ3n) is 4.87. The molecule has 0 aliphatic rings. The highest BCUT2D eigenvalue weighted by Gasteiger charge is 2.17. The van der Waals surface area contributed by atoms with Gasteiger partial charge < -0.3 is 24.5 Å². The van der Waals surface area contributed by atoms with E-state index in [0.29, 0.717) is 17.0 Å². The summed E-state index contributed by atoms with van der Waals surface area (Å²) in [6.07, 6.45) is 0. The summed E-state index contributed by atoms with van der Waals surface area (Å²) in [5.74, 6) is 0.381. The molecule has 1 aromatic heterocycles. The SMILES string of the molecule is COc1cc(OC)c2[nH]c(C(=O)OCC(=O)Nc3c(C)cccc3C(C)C)cc2c1. The predicted octanol–water partition coefficient (Wildman–Crippen LogP) is 4.41. The fourth-order valence-corrected chi connectivity index (χ4v) is 3.30. The molecule has 2 N–H and O–H groups in total. The van der Waals surface area contributed by atoms with E-state index in [4.69, 9.17) is 14.2 Å². The van der Waals surface area contributed by atoms with Crippen molar-refractivity contribution < 1.29 is 23.8 Å². The largest absolute Gasteiger partial charge is 0.497 e. The molecule has 158 valence electrons. The van der Waals surface area contributed by atoms with Crippen molar-refractivity contribution in [2.45, 2.75) is 26.7 Å². The molecular formula is C23H26N2O5. The number of hydrogen-bond acceptors (Lipinski definition) is 5. The Hall–Kier alpha value is -3.48. The Kier molecular flexibility index (Phi) is 6.30. The third-order valence-corrected chi connectivity index (χ3v) is 4.87. The highest BCUT2D eigenvalue weighted by Crippen LogP contribution is 2.31. The van der Waals surface area contributed by atoms with Crippen LogP contribution < -0.4 is 14.8 Å². The van der Waals surface area contributed by atoms with Crippen molar-refractivity contribution in [3.05, 3.63) is 53.2 Å². The molecule has 0 spiro atoms. The quantitative estimate of drug-likeness (QED) is 0.563. The van der Waals surface area contributed by atoms with Gasteiger partial charge in [0.1, 0.15) is 17.2 Å². The molecule has 0 unspecified atom stereocenters. The zero-order valence-corrected chi connectivity index (χ0v) is 17.8. The van der Waals surface area contributed by atoms with Crippen molar-refractivity contribution in [1.82, 2.24) is 4.98 Å². The number of amides is 1. The molecule has 3 aromatic rings. The average Bonchev–Trinajstić information content (AvgIpc) is 3.16. The number of carbonyl (C=O) groups is 2. The fraction of sp³-hybridized carbons (Fsp3) is 0.304. The summed E-state index contributed by atoms with van der Waals surface area (Å²) in [6, 6.07) is 11.0. The molecule has 0 atom stereocenters. The van der Waals surface area contributed by atoms with E-state index >= 15 is 0 Å². The molecule has 1 heterocycles. The fourth-order valence-electron chi connectivity index (χ4n) is 3.30. The first-order valence-electron chi connectivity index (χ1n) is 9.65. The minimum absolute atomic E-state index is 0.225. The van der Waals surface area contributed by atoms with Crippen molar-refractivity contribution in [2.75, 3.05) is 26.1 Å². The molecule has 3 rings (SSSR count). The van der Waals surface area contributed by atoms with Crippen molar-refractivity contribution in [2.24, 2.45) is 0 Å². The van der Waals surface area contributed by atoms with Crippen molar-refractivity contribution in [3.8, 4) is 11.5 Å². The van der Waals surface area contributed by atoms with Crippen molar-refractivity contribution in [3.63, 3.8) is 0 Å².